The van der Waals surface area contributed by atoms with Gasteiger partial charge >= 0.3 is 0 Å². The molecule has 1 aromatic heterocycles. The van der Waals surface area contributed by atoms with Crippen LogP contribution >= 0.6 is 0 Å². The second kappa shape index (κ2) is 8.67. The Hall–Kier alpha value is -1.62. The number of aromatic nitrogens is 1. The van der Waals surface area contributed by atoms with Gasteiger partial charge in [0.2, 0.25) is 0 Å². The van der Waals surface area contributed by atoms with E-state index in [1.54, 1.807) is 12.4 Å². The van der Waals surface area contributed by atoms with Crippen molar-refractivity contribution in [2.24, 2.45) is 16.8 Å². The van der Waals surface area contributed by atoms with Crippen LogP contribution in [0.25, 0.3) is 0 Å². The summed E-state index contributed by atoms with van der Waals surface area (Å²) in [5, 5.41) is 5.18. The predicted molar refractivity (Wildman–Crippen MR) is 67.5 cm³/mol. The largest absolute Gasteiger partial charge is 0.321 e. The van der Waals surface area contributed by atoms with E-state index < -0.39 is 0 Å². The molecule has 0 spiro atoms. The number of hydrogen-bond acceptors (Lipinski definition) is 4. The van der Waals surface area contributed by atoms with Crippen LogP contribution in [-0.2, 0) is 0 Å². The maximum atomic E-state index is 5.77. The van der Waals surface area contributed by atoms with Crippen LogP contribution in [0.4, 0.5) is 0 Å². The molecule has 5 nitrogen and oxygen atoms in total. The molecule has 0 saturated heterocycles. The molecule has 4 N–H and O–H groups in total. The van der Waals surface area contributed by atoms with Crippen LogP contribution in [0.15, 0.2) is 29.6 Å². The van der Waals surface area contributed by atoms with Crippen molar-refractivity contribution in [1.29, 1.82) is 0 Å². The number of hydrazone groups is 1. The van der Waals surface area contributed by atoms with E-state index in [9.17, 15) is 0 Å². The maximum absolute atomic E-state index is 5.77. The van der Waals surface area contributed by atoms with E-state index in [2.05, 4.69) is 10.1 Å². The van der Waals surface area contributed by atoms with Gasteiger partial charge in [0.05, 0.1) is 0 Å². The van der Waals surface area contributed by atoms with Crippen LogP contribution in [0.3, 0.4) is 0 Å². The Kier molecular flexibility index (Phi) is 7.79. The van der Waals surface area contributed by atoms with Crippen molar-refractivity contribution in [2.75, 3.05) is 6.54 Å². The first-order valence-corrected chi connectivity index (χ1v) is 5.50. The standard InChI is InChI=1S/C9H15N5.C2H6/c1-2-6-14(11)9(13-10)8-4-3-5-12-7-8;1-2/h3-5,7H,2,6,10-11H2,1H3;1-2H3/b13-9-;. The van der Waals surface area contributed by atoms with Gasteiger partial charge in [0.25, 0.3) is 0 Å². The van der Waals surface area contributed by atoms with E-state index in [1.807, 2.05) is 32.9 Å². The lowest BCUT2D eigenvalue weighted by Gasteiger charge is -2.18. The highest BCUT2D eigenvalue weighted by molar-refractivity contribution is 5.97. The van der Waals surface area contributed by atoms with Gasteiger partial charge in [0.1, 0.15) is 0 Å². The van der Waals surface area contributed by atoms with Gasteiger partial charge in [-0.3, -0.25) is 9.99 Å². The lowest BCUT2D eigenvalue weighted by molar-refractivity contribution is 0.437. The Morgan fingerprint density at radius 2 is 2.19 bits per heavy atom. The normalized spacial score (nSPS) is 10.4. The van der Waals surface area contributed by atoms with Crippen molar-refractivity contribution < 1.29 is 0 Å². The zero-order valence-electron chi connectivity index (χ0n) is 10.2. The summed E-state index contributed by atoms with van der Waals surface area (Å²) in [6.45, 7) is 6.75. The number of nitrogens with zero attached hydrogens (tertiary/aromatic N) is 3. The lowest BCUT2D eigenvalue weighted by Crippen LogP contribution is -2.39. The highest BCUT2D eigenvalue weighted by Gasteiger charge is 2.08. The third kappa shape index (κ3) is 4.27. The molecule has 1 heterocycles. The molecular formula is C11H21N5. The van der Waals surface area contributed by atoms with Crippen molar-refractivity contribution >= 4 is 5.84 Å². The molecular weight excluding hydrogens is 202 g/mol. The van der Waals surface area contributed by atoms with E-state index in [4.69, 9.17) is 11.7 Å². The summed E-state index contributed by atoms with van der Waals surface area (Å²) < 4.78 is 0. The fourth-order valence-corrected chi connectivity index (χ4v) is 1.16. The molecule has 0 unspecified atom stereocenters. The van der Waals surface area contributed by atoms with Crippen molar-refractivity contribution in [2.45, 2.75) is 27.2 Å². The Bertz CT molecular complexity index is 297. The van der Waals surface area contributed by atoms with E-state index in [-0.39, 0.29) is 0 Å². The minimum atomic E-state index is 0.556. The van der Waals surface area contributed by atoms with Gasteiger partial charge in [0, 0.05) is 24.5 Å². The molecule has 1 rings (SSSR count). The highest BCUT2D eigenvalue weighted by atomic mass is 15.4. The molecule has 5 heteroatoms. The Morgan fingerprint density at radius 3 is 2.62 bits per heavy atom. The Morgan fingerprint density at radius 1 is 1.50 bits per heavy atom. The van der Waals surface area contributed by atoms with Crippen LogP contribution in [0.5, 0.6) is 0 Å². The van der Waals surface area contributed by atoms with Gasteiger partial charge in [-0.15, -0.1) is 0 Å². The molecule has 0 aliphatic rings. The number of nitrogens with two attached hydrogens (primary N) is 2. The predicted octanol–water partition coefficient (Wildman–Crippen LogP) is 1.31. The summed E-state index contributed by atoms with van der Waals surface area (Å²) in [5.74, 6) is 11.6. The Balaban J connectivity index is 0.00000106. The number of amidine groups is 1. The first kappa shape index (κ1) is 14.4. The number of rotatable bonds is 3. The van der Waals surface area contributed by atoms with E-state index in [0.29, 0.717) is 12.4 Å². The molecule has 0 saturated carbocycles. The molecule has 0 bridgehead atoms. The first-order chi connectivity index (χ1) is 7.79. The highest BCUT2D eigenvalue weighted by Crippen LogP contribution is 2.00. The van der Waals surface area contributed by atoms with Gasteiger partial charge in [-0.2, -0.15) is 5.10 Å². The first-order valence-electron chi connectivity index (χ1n) is 5.50. The van der Waals surface area contributed by atoms with Crippen LogP contribution in [0, 0.1) is 0 Å². The average molecular weight is 223 g/mol. The number of hydrazine groups is 1. The molecule has 0 aliphatic carbocycles. The summed E-state index contributed by atoms with van der Waals surface area (Å²) in [6.07, 6.45) is 4.31. The molecule has 0 radical (unpaired) electrons. The molecule has 0 aliphatic heterocycles. The topological polar surface area (TPSA) is 80.5 Å². The van der Waals surface area contributed by atoms with Crippen LogP contribution in [-0.4, -0.2) is 22.4 Å². The van der Waals surface area contributed by atoms with Gasteiger partial charge < -0.3 is 5.84 Å². The van der Waals surface area contributed by atoms with Crippen LogP contribution in [0.1, 0.15) is 32.8 Å². The fourth-order valence-electron chi connectivity index (χ4n) is 1.16. The van der Waals surface area contributed by atoms with Gasteiger partial charge in [-0.05, 0) is 18.6 Å². The molecule has 1 aromatic rings. The minimum absolute atomic E-state index is 0.556. The third-order valence-electron chi connectivity index (χ3n) is 1.78. The van der Waals surface area contributed by atoms with Gasteiger partial charge in [-0.1, -0.05) is 20.8 Å². The number of pyridine rings is 1. The summed E-state index contributed by atoms with van der Waals surface area (Å²) in [6, 6.07) is 3.69. The summed E-state index contributed by atoms with van der Waals surface area (Å²) in [5.41, 5.74) is 0.825. The third-order valence-corrected chi connectivity index (χ3v) is 1.78. The van der Waals surface area contributed by atoms with Crippen molar-refractivity contribution in [3.63, 3.8) is 0 Å². The molecule has 0 atom stereocenters. The fraction of sp³-hybridized carbons (Fsp3) is 0.455. The van der Waals surface area contributed by atoms with Crippen LogP contribution in [0.2, 0.25) is 0 Å². The average Bonchev–Trinajstić information content (AvgIpc) is 2.34. The summed E-state index contributed by atoms with van der Waals surface area (Å²) in [7, 11) is 0. The van der Waals surface area contributed by atoms with E-state index >= 15 is 0 Å². The SMILES string of the molecule is CC.CCCN(N)/C(=N\N)c1cccnc1. The minimum Gasteiger partial charge on any atom is -0.321 e. The molecule has 0 aromatic carbocycles. The second-order valence-electron chi connectivity index (χ2n) is 2.89. The van der Waals surface area contributed by atoms with Gasteiger partial charge in [-0.25, -0.2) is 5.84 Å². The van der Waals surface area contributed by atoms with E-state index in [0.717, 1.165) is 12.0 Å². The summed E-state index contributed by atoms with van der Waals surface area (Å²) >= 11 is 0. The second-order valence-corrected chi connectivity index (χ2v) is 2.89. The van der Waals surface area contributed by atoms with Gasteiger partial charge in [0.15, 0.2) is 5.84 Å². The quantitative estimate of drug-likeness (QED) is 0.350. The monoisotopic (exact) mass is 223 g/mol. The Labute approximate surface area is 97.1 Å². The summed E-state index contributed by atoms with van der Waals surface area (Å²) in [4.78, 5) is 3.98. The molecule has 0 fully saturated rings. The molecule has 16 heavy (non-hydrogen) atoms. The maximum Gasteiger partial charge on any atom is 0.171 e. The van der Waals surface area contributed by atoms with Crippen LogP contribution < -0.4 is 11.7 Å². The molecule has 0 amide bonds. The van der Waals surface area contributed by atoms with E-state index in [1.165, 1.54) is 5.01 Å². The van der Waals surface area contributed by atoms with Crippen molar-refractivity contribution in [3.8, 4) is 0 Å². The smallest absolute Gasteiger partial charge is 0.171 e. The lowest BCUT2D eigenvalue weighted by atomic mass is 10.2. The zero-order valence-corrected chi connectivity index (χ0v) is 10.2. The molecule has 90 valence electrons. The van der Waals surface area contributed by atoms with Crippen molar-refractivity contribution in [1.82, 2.24) is 9.99 Å². The van der Waals surface area contributed by atoms with Crippen molar-refractivity contribution in [3.05, 3.63) is 30.1 Å². The zero-order chi connectivity index (χ0) is 12.4. The number of hydrogen-bond donors (Lipinski definition) is 2.